The molecule has 3 heterocycles. The van der Waals surface area contributed by atoms with Crippen molar-refractivity contribution in [1.82, 2.24) is 15.3 Å². The highest BCUT2D eigenvalue weighted by atomic mass is 35.5. The highest BCUT2D eigenvalue weighted by Gasteiger charge is 2.32. The van der Waals surface area contributed by atoms with Crippen LogP contribution in [0.25, 0.3) is 11.1 Å². The molecule has 37 heavy (non-hydrogen) atoms. The van der Waals surface area contributed by atoms with Gasteiger partial charge in [0.2, 0.25) is 0 Å². The molecule has 1 saturated heterocycles. The Morgan fingerprint density at radius 1 is 1.19 bits per heavy atom. The molecule has 0 unspecified atom stereocenters. The molecule has 2 aromatic heterocycles. The molecule has 0 aromatic carbocycles. The third-order valence-electron chi connectivity index (χ3n) is 7.33. The van der Waals surface area contributed by atoms with E-state index in [0.29, 0.717) is 73.9 Å². The fourth-order valence-corrected chi connectivity index (χ4v) is 5.30. The highest BCUT2D eigenvalue weighted by molar-refractivity contribution is 6.32. The van der Waals surface area contributed by atoms with Gasteiger partial charge in [-0.1, -0.05) is 11.6 Å². The van der Waals surface area contributed by atoms with Crippen LogP contribution in [0.3, 0.4) is 0 Å². The fourth-order valence-electron chi connectivity index (χ4n) is 5.13. The molecule has 0 spiro atoms. The van der Waals surface area contributed by atoms with Crippen molar-refractivity contribution in [3.63, 3.8) is 0 Å². The number of nitrogens with zero attached hydrogens (tertiary/aromatic N) is 3. The normalized spacial score (nSPS) is 22.1. The summed E-state index contributed by atoms with van der Waals surface area (Å²) in [6, 6.07) is 7.03. The van der Waals surface area contributed by atoms with Gasteiger partial charge in [0.05, 0.1) is 30.0 Å². The van der Waals surface area contributed by atoms with Gasteiger partial charge in [-0.05, 0) is 57.6 Å². The Hall–Kier alpha value is -2.51. The minimum absolute atomic E-state index is 0.280. The molecule has 0 radical (unpaired) electrons. The molecule has 0 bridgehead atoms. The van der Waals surface area contributed by atoms with Crippen LogP contribution in [0, 0.1) is 22.6 Å². The van der Waals surface area contributed by atoms with Gasteiger partial charge in [0.1, 0.15) is 11.6 Å². The van der Waals surface area contributed by atoms with E-state index in [1.165, 1.54) is 6.20 Å². The summed E-state index contributed by atoms with van der Waals surface area (Å²) in [4.78, 5) is 8.55. The maximum atomic E-state index is 14.8. The summed E-state index contributed by atoms with van der Waals surface area (Å²) in [5.74, 6) is 0.203. The molecule has 4 rings (SSSR count). The van der Waals surface area contributed by atoms with E-state index in [0.717, 1.165) is 25.7 Å². The van der Waals surface area contributed by atoms with Crippen LogP contribution < -0.4 is 16.0 Å². The van der Waals surface area contributed by atoms with Gasteiger partial charge in [-0.2, -0.15) is 5.26 Å². The van der Waals surface area contributed by atoms with E-state index in [4.69, 9.17) is 21.1 Å². The molecule has 1 aliphatic heterocycles. The fraction of sp³-hybridized carbons (Fsp3) is 0.593. The maximum Gasteiger partial charge on any atom is 0.152 e. The van der Waals surface area contributed by atoms with Crippen LogP contribution in [-0.4, -0.2) is 61.6 Å². The molecular weight excluding hydrogens is 495 g/mol. The van der Waals surface area contributed by atoms with Crippen LogP contribution in [0.4, 0.5) is 15.9 Å². The van der Waals surface area contributed by atoms with Crippen molar-refractivity contribution in [2.45, 2.75) is 63.6 Å². The first-order valence-corrected chi connectivity index (χ1v) is 13.3. The average molecular weight is 531 g/mol. The molecule has 1 saturated carbocycles. The average Bonchev–Trinajstić information content (AvgIpc) is 2.91. The van der Waals surface area contributed by atoms with Gasteiger partial charge in [-0.25, -0.2) is 14.4 Å². The van der Waals surface area contributed by atoms with Crippen molar-refractivity contribution in [1.29, 1.82) is 5.26 Å². The van der Waals surface area contributed by atoms with Crippen LogP contribution in [0.1, 0.15) is 45.4 Å². The quantitative estimate of drug-likeness (QED) is 0.368. The molecular formula is C27H36ClFN6O2. The molecule has 2 aliphatic rings. The second-order valence-corrected chi connectivity index (χ2v) is 10.5. The number of nitrogens with one attached hydrogen (secondary N) is 3. The van der Waals surface area contributed by atoms with Crippen molar-refractivity contribution in [3.8, 4) is 17.2 Å². The van der Waals surface area contributed by atoms with Crippen LogP contribution in [0.5, 0.6) is 0 Å². The summed E-state index contributed by atoms with van der Waals surface area (Å²) < 4.78 is 25.5. The lowest BCUT2D eigenvalue weighted by Gasteiger charge is -2.32. The monoisotopic (exact) mass is 530 g/mol. The molecule has 8 nitrogen and oxygen atoms in total. The van der Waals surface area contributed by atoms with Crippen LogP contribution in [0.2, 0.25) is 5.15 Å². The molecule has 2 fully saturated rings. The van der Waals surface area contributed by atoms with Gasteiger partial charge in [-0.15, -0.1) is 0 Å². The van der Waals surface area contributed by atoms with Crippen LogP contribution >= 0.6 is 11.6 Å². The zero-order valence-corrected chi connectivity index (χ0v) is 22.3. The minimum Gasteiger partial charge on any atom is -0.383 e. The van der Waals surface area contributed by atoms with Crippen LogP contribution in [-0.2, 0) is 9.47 Å². The Morgan fingerprint density at radius 2 is 1.92 bits per heavy atom. The lowest BCUT2D eigenvalue weighted by Crippen LogP contribution is -2.42. The Morgan fingerprint density at radius 3 is 2.62 bits per heavy atom. The largest absolute Gasteiger partial charge is 0.383 e. The van der Waals surface area contributed by atoms with Gasteiger partial charge < -0.3 is 25.4 Å². The molecule has 1 aliphatic carbocycles. The third-order valence-corrected chi connectivity index (χ3v) is 7.63. The summed E-state index contributed by atoms with van der Waals surface area (Å²) in [5.41, 5.74) is 1.04. The standard InChI is InChI=1S/C27H36ClFN6O2/c1-18(15-36-2)34-20-3-5-21(6-4-20)35-25-12-22(23(29)14-31-25)19-11-24(26(28)32-13-19)33-17-27(16-30)7-9-37-10-8-27/h11-14,18,20-21,33-34H,3-10,15,17H2,1-2H3,(H,31,35)/t18-,20-,21-/m0/s1. The lowest BCUT2D eigenvalue weighted by molar-refractivity contribution is 0.0456. The first-order valence-electron chi connectivity index (χ1n) is 13.0. The van der Waals surface area contributed by atoms with Gasteiger partial charge in [0, 0.05) is 62.3 Å². The summed E-state index contributed by atoms with van der Waals surface area (Å²) >= 11 is 6.34. The number of halogens is 2. The van der Waals surface area contributed by atoms with E-state index < -0.39 is 11.2 Å². The zero-order valence-electron chi connectivity index (χ0n) is 21.5. The molecule has 1 atom stereocenters. The first-order chi connectivity index (χ1) is 17.9. The number of nitriles is 1. The number of anilines is 2. The predicted octanol–water partition coefficient (Wildman–Crippen LogP) is 5.02. The van der Waals surface area contributed by atoms with Gasteiger partial charge >= 0.3 is 0 Å². The number of ether oxygens (including phenoxy) is 2. The van der Waals surface area contributed by atoms with Gasteiger partial charge in [0.25, 0.3) is 0 Å². The summed E-state index contributed by atoms with van der Waals surface area (Å²) in [7, 11) is 1.72. The number of pyridine rings is 2. The van der Waals surface area contributed by atoms with Crippen molar-refractivity contribution in [2.75, 3.05) is 44.1 Å². The predicted molar refractivity (Wildman–Crippen MR) is 143 cm³/mol. The van der Waals surface area contributed by atoms with E-state index >= 15 is 0 Å². The van der Waals surface area contributed by atoms with Gasteiger partial charge in [-0.3, -0.25) is 0 Å². The Labute approximate surface area is 223 Å². The highest BCUT2D eigenvalue weighted by Crippen LogP contribution is 2.33. The Kier molecular flexibility index (Phi) is 9.54. The van der Waals surface area contributed by atoms with Crippen molar-refractivity contribution >= 4 is 23.1 Å². The van der Waals surface area contributed by atoms with Crippen molar-refractivity contribution in [2.24, 2.45) is 5.41 Å². The smallest absolute Gasteiger partial charge is 0.152 e. The second-order valence-electron chi connectivity index (χ2n) is 10.2. The molecule has 3 N–H and O–H groups in total. The maximum absolute atomic E-state index is 14.8. The first kappa shape index (κ1) is 27.5. The SMILES string of the molecule is COC[C@H](C)N[C@H]1CC[C@H](Nc2cc(-c3cnc(Cl)c(NCC4(C#N)CCOCC4)c3)c(F)cn2)CC1. The molecule has 0 amide bonds. The Bertz CT molecular complexity index is 1080. The van der Waals surface area contributed by atoms with E-state index in [1.807, 2.05) is 0 Å². The zero-order chi connectivity index (χ0) is 26.3. The van der Waals surface area contributed by atoms with E-state index in [9.17, 15) is 9.65 Å². The molecule has 200 valence electrons. The van der Waals surface area contributed by atoms with Crippen molar-refractivity contribution < 1.29 is 13.9 Å². The van der Waals surface area contributed by atoms with Crippen molar-refractivity contribution in [3.05, 3.63) is 35.5 Å². The Balaban J connectivity index is 1.41. The lowest BCUT2D eigenvalue weighted by atomic mass is 9.81. The number of rotatable bonds is 10. The summed E-state index contributed by atoms with van der Waals surface area (Å²) in [5, 5.41) is 20.4. The number of hydrogen-bond acceptors (Lipinski definition) is 8. The number of aromatic nitrogens is 2. The number of methoxy groups -OCH3 is 1. The van der Waals surface area contributed by atoms with E-state index in [-0.39, 0.29) is 11.2 Å². The molecule has 10 heteroatoms. The minimum atomic E-state index is -0.521. The second kappa shape index (κ2) is 12.8. The summed E-state index contributed by atoms with van der Waals surface area (Å²) in [6.45, 7) is 4.38. The van der Waals surface area contributed by atoms with E-state index in [1.54, 1.807) is 25.4 Å². The number of hydrogen-bond donors (Lipinski definition) is 3. The topological polar surface area (TPSA) is 104 Å². The van der Waals surface area contributed by atoms with E-state index in [2.05, 4.69) is 38.9 Å². The third kappa shape index (κ3) is 7.29. The molecule has 2 aromatic rings. The van der Waals surface area contributed by atoms with Gasteiger partial charge in [0.15, 0.2) is 5.15 Å². The summed E-state index contributed by atoms with van der Waals surface area (Å²) in [6.07, 6.45) is 8.24. The van der Waals surface area contributed by atoms with Crippen LogP contribution in [0.15, 0.2) is 24.5 Å².